The first-order chi connectivity index (χ1) is 8.43. The van der Waals surface area contributed by atoms with Gasteiger partial charge in [-0.25, -0.2) is 0 Å². The van der Waals surface area contributed by atoms with Crippen LogP contribution in [-0.4, -0.2) is 29.9 Å². The van der Waals surface area contributed by atoms with Crippen LogP contribution in [0.15, 0.2) is 18.2 Å². The van der Waals surface area contributed by atoms with Crippen LogP contribution >= 0.6 is 11.6 Å². The summed E-state index contributed by atoms with van der Waals surface area (Å²) in [5.41, 5.74) is 1.62. The molecule has 2 rings (SSSR count). The number of aliphatic hydroxyl groups is 1. The van der Waals surface area contributed by atoms with Crippen molar-refractivity contribution in [3.63, 3.8) is 0 Å². The van der Waals surface area contributed by atoms with Crippen LogP contribution in [-0.2, 0) is 11.3 Å². The van der Waals surface area contributed by atoms with Gasteiger partial charge < -0.3 is 14.7 Å². The number of nitrogens with zero attached hydrogens (tertiary/aromatic N) is 1. The van der Waals surface area contributed by atoms with E-state index in [2.05, 4.69) is 25.7 Å². The van der Waals surface area contributed by atoms with Crippen molar-refractivity contribution in [1.29, 1.82) is 0 Å². The number of rotatable bonds is 2. The lowest BCUT2D eigenvalue weighted by Gasteiger charge is -2.43. The largest absolute Gasteiger partial charge is 0.392 e. The van der Waals surface area contributed by atoms with Crippen molar-refractivity contribution in [1.82, 2.24) is 0 Å². The first-order valence-electron chi connectivity index (χ1n) is 6.24. The van der Waals surface area contributed by atoms with Crippen LogP contribution in [0.4, 0.5) is 5.69 Å². The Labute approximate surface area is 113 Å². The molecule has 1 aromatic rings. The molecule has 0 saturated carbocycles. The molecule has 0 aliphatic carbocycles. The molecule has 1 unspecified atom stereocenters. The molecule has 0 bridgehead atoms. The van der Waals surface area contributed by atoms with Crippen LogP contribution < -0.4 is 4.90 Å². The molecule has 18 heavy (non-hydrogen) atoms. The van der Waals surface area contributed by atoms with Gasteiger partial charge in [-0.1, -0.05) is 17.7 Å². The average molecular weight is 270 g/mol. The third-order valence-corrected chi connectivity index (χ3v) is 3.52. The first kappa shape index (κ1) is 13.7. The predicted octanol–water partition coefficient (Wildman–Crippen LogP) is 2.84. The van der Waals surface area contributed by atoms with Crippen LogP contribution in [0.3, 0.4) is 0 Å². The molecule has 4 heteroatoms. The zero-order chi connectivity index (χ0) is 13.3. The first-order valence-corrected chi connectivity index (χ1v) is 6.62. The minimum Gasteiger partial charge on any atom is -0.392 e. The maximum Gasteiger partial charge on any atom is 0.0805 e. The van der Waals surface area contributed by atoms with Gasteiger partial charge >= 0.3 is 0 Å². The van der Waals surface area contributed by atoms with Crippen molar-refractivity contribution >= 4 is 17.3 Å². The summed E-state index contributed by atoms with van der Waals surface area (Å²) < 4.78 is 5.89. The van der Waals surface area contributed by atoms with Gasteiger partial charge in [-0.3, -0.25) is 0 Å². The third-order valence-electron chi connectivity index (χ3n) is 3.16. The van der Waals surface area contributed by atoms with Gasteiger partial charge in [0.25, 0.3) is 0 Å². The zero-order valence-corrected chi connectivity index (χ0v) is 11.9. The molecule has 0 amide bonds. The highest BCUT2D eigenvalue weighted by atomic mass is 35.5. The van der Waals surface area contributed by atoms with E-state index in [0.29, 0.717) is 5.02 Å². The van der Waals surface area contributed by atoms with Crippen LogP contribution in [0.25, 0.3) is 0 Å². The minimum absolute atomic E-state index is 0.0405. The summed E-state index contributed by atoms with van der Waals surface area (Å²) in [5.74, 6) is 0. The van der Waals surface area contributed by atoms with Gasteiger partial charge in [0.1, 0.15) is 0 Å². The Kier molecular flexibility index (Phi) is 3.85. The molecule has 1 atom stereocenters. The molecular formula is C14H20ClNO2. The lowest BCUT2D eigenvalue weighted by Crippen LogP contribution is -2.52. The number of hydrogen-bond acceptors (Lipinski definition) is 3. The summed E-state index contributed by atoms with van der Waals surface area (Å²) in [7, 11) is 0. The summed E-state index contributed by atoms with van der Waals surface area (Å²) >= 11 is 6.14. The van der Waals surface area contributed by atoms with Gasteiger partial charge in [-0.15, -0.1) is 0 Å². The molecule has 1 aliphatic heterocycles. The van der Waals surface area contributed by atoms with Crippen molar-refractivity contribution < 1.29 is 9.84 Å². The Morgan fingerprint density at radius 3 is 2.83 bits per heavy atom. The Hall–Kier alpha value is -0.770. The number of aliphatic hydroxyl groups excluding tert-OH is 1. The van der Waals surface area contributed by atoms with Gasteiger partial charge in [0, 0.05) is 29.4 Å². The van der Waals surface area contributed by atoms with E-state index in [4.69, 9.17) is 16.3 Å². The van der Waals surface area contributed by atoms with Crippen LogP contribution in [0, 0.1) is 0 Å². The Balaban J connectivity index is 2.34. The van der Waals surface area contributed by atoms with Gasteiger partial charge in [-0.05, 0) is 32.9 Å². The fraction of sp³-hybridized carbons (Fsp3) is 0.571. The average Bonchev–Trinajstić information content (AvgIpc) is 2.25. The van der Waals surface area contributed by atoms with E-state index in [-0.39, 0.29) is 18.3 Å². The van der Waals surface area contributed by atoms with Gasteiger partial charge in [-0.2, -0.15) is 0 Å². The SMILES string of the molecule is CC1CN(c2cccc(Cl)c2CO)CC(C)(C)O1. The Bertz CT molecular complexity index is 434. The molecule has 1 aromatic carbocycles. The van der Waals surface area contributed by atoms with Crippen molar-refractivity contribution in [3.8, 4) is 0 Å². The predicted molar refractivity (Wildman–Crippen MR) is 74.2 cm³/mol. The second kappa shape index (κ2) is 5.08. The summed E-state index contributed by atoms with van der Waals surface area (Å²) in [6, 6.07) is 5.74. The number of ether oxygens (including phenoxy) is 1. The normalized spacial score (nSPS) is 23.2. The van der Waals surface area contributed by atoms with Crippen molar-refractivity contribution in [2.24, 2.45) is 0 Å². The van der Waals surface area contributed by atoms with Crippen molar-refractivity contribution in [2.45, 2.75) is 39.1 Å². The summed E-state index contributed by atoms with van der Waals surface area (Å²) in [6.45, 7) is 7.80. The second-order valence-electron chi connectivity index (χ2n) is 5.46. The standard InChI is InChI=1S/C14H20ClNO2/c1-10-7-16(9-14(2,3)18-10)13-6-4-5-12(15)11(13)8-17/h4-6,10,17H,7-9H2,1-3H3. The second-order valence-corrected chi connectivity index (χ2v) is 5.87. The zero-order valence-electron chi connectivity index (χ0n) is 11.1. The summed E-state index contributed by atoms with van der Waals surface area (Å²) in [6.07, 6.45) is 0.166. The van der Waals surface area contributed by atoms with Gasteiger partial charge in [0.2, 0.25) is 0 Å². The van der Waals surface area contributed by atoms with Crippen LogP contribution in [0.1, 0.15) is 26.3 Å². The minimum atomic E-state index is -0.188. The third kappa shape index (κ3) is 2.79. The van der Waals surface area contributed by atoms with Crippen LogP contribution in [0.5, 0.6) is 0 Å². The molecule has 100 valence electrons. The lowest BCUT2D eigenvalue weighted by atomic mass is 10.0. The molecule has 1 N–H and O–H groups in total. The Morgan fingerprint density at radius 1 is 1.50 bits per heavy atom. The van der Waals surface area contributed by atoms with E-state index < -0.39 is 0 Å². The molecule has 0 radical (unpaired) electrons. The van der Waals surface area contributed by atoms with Crippen LogP contribution in [0.2, 0.25) is 5.02 Å². The molecule has 0 spiro atoms. The summed E-state index contributed by atoms with van der Waals surface area (Å²) in [4.78, 5) is 2.24. The van der Waals surface area contributed by atoms with E-state index >= 15 is 0 Å². The summed E-state index contributed by atoms with van der Waals surface area (Å²) in [5, 5.41) is 10.1. The number of anilines is 1. The highest BCUT2D eigenvalue weighted by Gasteiger charge is 2.32. The van der Waals surface area contributed by atoms with E-state index in [1.165, 1.54) is 0 Å². The smallest absolute Gasteiger partial charge is 0.0805 e. The maximum absolute atomic E-state index is 9.48. The highest BCUT2D eigenvalue weighted by molar-refractivity contribution is 6.31. The van der Waals surface area contributed by atoms with E-state index in [1.54, 1.807) is 0 Å². The maximum atomic E-state index is 9.48. The monoisotopic (exact) mass is 269 g/mol. The van der Waals surface area contributed by atoms with E-state index in [0.717, 1.165) is 24.3 Å². The Morgan fingerprint density at radius 2 is 2.22 bits per heavy atom. The van der Waals surface area contributed by atoms with Crippen molar-refractivity contribution in [3.05, 3.63) is 28.8 Å². The van der Waals surface area contributed by atoms with E-state index in [1.807, 2.05) is 18.2 Å². The fourth-order valence-electron chi connectivity index (χ4n) is 2.64. The number of halogens is 1. The number of hydrogen-bond donors (Lipinski definition) is 1. The molecular weight excluding hydrogens is 250 g/mol. The molecule has 1 saturated heterocycles. The van der Waals surface area contributed by atoms with Gasteiger partial charge in [0.05, 0.1) is 18.3 Å². The van der Waals surface area contributed by atoms with Crippen molar-refractivity contribution in [2.75, 3.05) is 18.0 Å². The quantitative estimate of drug-likeness (QED) is 0.896. The number of morpholine rings is 1. The molecule has 1 fully saturated rings. The highest BCUT2D eigenvalue weighted by Crippen LogP contribution is 2.31. The fourth-order valence-corrected chi connectivity index (χ4v) is 2.87. The molecule has 1 aliphatic rings. The van der Waals surface area contributed by atoms with Gasteiger partial charge in [0.15, 0.2) is 0 Å². The topological polar surface area (TPSA) is 32.7 Å². The number of benzene rings is 1. The van der Waals surface area contributed by atoms with E-state index in [9.17, 15) is 5.11 Å². The molecule has 0 aromatic heterocycles. The lowest BCUT2D eigenvalue weighted by molar-refractivity contribution is -0.0750. The molecule has 3 nitrogen and oxygen atoms in total. The molecule has 1 heterocycles.